The van der Waals surface area contributed by atoms with Crippen LogP contribution >= 0.6 is 0 Å². The molecule has 0 aliphatic carbocycles. The molecule has 78 valence electrons. The van der Waals surface area contributed by atoms with Crippen LogP contribution in [-0.2, 0) is 21.7 Å². The second-order valence-electron chi connectivity index (χ2n) is 3.12. The van der Waals surface area contributed by atoms with Gasteiger partial charge in [-0.2, -0.15) is 0 Å². The molecule has 1 atom stereocenters. The molecule has 0 saturated carbocycles. The zero-order valence-electron chi connectivity index (χ0n) is 8.44. The minimum absolute atomic E-state index is 0.657. The first kappa shape index (κ1) is 11.6. The predicted octanol–water partition coefficient (Wildman–Crippen LogP) is 1.97. The standard InChI is InChI=1S/C11H16O2S/c1-13-8-5-9-14(12)10-11-6-3-2-4-7-11/h2-4,6-7H,5,8-10H2,1H3. The second kappa shape index (κ2) is 6.87. The summed E-state index contributed by atoms with van der Waals surface area (Å²) in [7, 11) is 1.67. The van der Waals surface area contributed by atoms with Crippen LogP contribution in [0, 0.1) is 0 Å². The van der Waals surface area contributed by atoms with Gasteiger partial charge in [-0.1, -0.05) is 30.3 Å². The molecule has 1 aromatic rings. The van der Waals surface area contributed by atoms with Gasteiger partial charge in [0.2, 0.25) is 0 Å². The molecule has 0 heterocycles. The quantitative estimate of drug-likeness (QED) is 0.533. The Morgan fingerprint density at radius 3 is 2.64 bits per heavy atom. The zero-order valence-corrected chi connectivity index (χ0v) is 9.26. The van der Waals surface area contributed by atoms with E-state index in [4.69, 9.17) is 4.74 Å². The van der Waals surface area contributed by atoms with E-state index in [0.717, 1.165) is 17.7 Å². The van der Waals surface area contributed by atoms with E-state index in [0.29, 0.717) is 12.4 Å². The highest BCUT2D eigenvalue weighted by molar-refractivity contribution is 7.90. The monoisotopic (exact) mass is 212 g/mol. The minimum atomic E-state index is -0.752. The van der Waals surface area contributed by atoms with E-state index in [1.807, 2.05) is 30.3 Å². The molecule has 0 bridgehead atoms. The van der Waals surface area contributed by atoms with Gasteiger partial charge in [0.1, 0.15) is 11.5 Å². The molecule has 0 spiro atoms. The van der Waals surface area contributed by atoms with Crippen molar-refractivity contribution in [2.75, 3.05) is 19.5 Å². The van der Waals surface area contributed by atoms with Crippen LogP contribution in [0.3, 0.4) is 0 Å². The summed E-state index contributed by atoms with van der Waals surface area (Å²) in [6.45, 7) is 0.695. The molecule has 1 rings (SSSR count). The molecule has 0 radical (unpaired) electrons. The Balaban J connectivity index is 2.23. The normalized spacial score (nSPS) is 12.7. The highest BCUT2D eigenvalue weighted by Crippen LogP contribution is 2.06. The molecule has 0 N–H and O–H groups in total. The van der Waals surface area contributed by atoms with Crippen LogP contribution in [0.25, 0.3) is 0 Å². The van der Waals surface area contributed by atoms with Crippen molar-refractivity contribution in [3.05, 3.63) is 35.9 Å². The molecule has 1 unspecified atom stereocenters. The van der Waals surface area contributed by atoms with E-state index in [2.05, 4.69) is 0 Å². The SMILES string of the molecule is COCCC[S+]([O-])Cc1ccccc1. The summed E-state index contributed by atoms with van der Waals surface area (Å²) in [5.41, 5.74) is 1.14. The van der Waals surface area contributed by atoms with Gasteiger partial charge in [0, 0.05) is 19.1 Å². The maximum atomic E-state index is 11.5. The largest absolute Gasteiger partial charge is 0.616 e. The molecular weight excluding hydrogens is 196 g/mol. The molecule has 0 aliphatic rings. The Morgan fingerprint density at radius 2 is 2.00 bits per heavy atom. The Bertz CT molecular complexity index is 238. The Kier molecular flexibility index (Phi) is 5.68. The first-order valence-electron chi connectivity index (χ1n) is 4.71. The summed E-state index contributed by atoms with van der Waals surface area (Å²) < 4.78 is 16.5. The van der Waals surface area contributed by atoms with Crippen molar-refractivity contribution < 1.29 is 9.29 Å². The lowest BCUT2D eigenvalue weighted by Gasteiger charge is -2.10. The van der Waals surface area contributed by atoms with Crippen LogP contribution in [0.1, 0.15) is 12.0 Å². The van der Waals surface area contributed by atoms with Crippen molar-refractivity contribution in [1.82, 2.24) is 0 Å². The third kappa shape index (κ3) is 4.65. The summed E-state index contributed by atoms with van der Waals surface area (Å²) >= 11 is -0.752. The summed E-state index contributed by atoms with van der Waals surface area (Å²) in [6, 6.07) is 9.93. The highest BCUT2D eigenvalue weighted by Gasteiger charge is 2.06. The van der Waals surface area contributed by atoms with Crippen molar-refractivity contribution >= 4 is 11.2 Å². The van der Waals surface area contributed by atoms with E-state index in [1.54, 1.807) is 7.11 Å². The van der Waals surface area contributed by atoms with Crippen molar-refractivity contribution in [2.24, 2.45) is 0 Å². The van der Waals surface area contributed by atoms with Crippen molar-refractivity contribution in [3.63, 3.8) is 0 Å². The number of benzene rings is 1. The molecule has 0 aliphatic heterocycles. The van der Waals surface area contributed by atoms with Gasteiger partial charge in [-0.3, -0.25) is 0 Å². The van der Waals surface area contributed by atoms with Gasteiger partial charge >= 0.3 is 0 Å². The summed E-state index contributed by atoms with van der Waals surface area (Å²) in [4.78, 5) is 0. The lowest BCUT2D eigenvalue weighted by atomic mass is 10.2. The van der Waals surface area contributed by atoms with E-state index in [1.165, 1.54) is 0 Å². The number of hydrogen-bond acceptors (Lipinski definition) is 2. The number of ether oxygens (including phenoxy) is 1. The van der Waals surface area contributed by atoms with Crippen LogP contribution in [0.4, 0.5) is 0 Å². The topological polar surface area (TPSA) is 32.3 Å². The molecule has 1 aromatic carbocycles. The van der Waals surface area contributed by atoms with Gasteiger partial charge < -0.3 is 9.29 Å². The lowest BCUT2D eigenvalue weighted by molar-refractivity contribution is 0.199. The van der Waals surface area contributed by atoms with Gasteiger partial charge in [0.15, 0.2) is 0 Å². The number of rotatable bonds is 6. The Morgan fingerprint density at radius 1 is 1.29 bits per heavy atom. The summed E-state index contributed by atoms with van der Waals surface area (Å²) in [5.74, 6) is 1.38. The Labute approximate surface area is 88.5 Å². The fraction of sp³-hybridized carbons (Fsp3) is 0.455. The third-order valence-corrected chi connectivity index (χ3v) is 3.29. The van der Waals surface area contributed by atoms with Crippen molar-refractivity contribution in [3.8, 4) is 0 Å². The predicted molar refractivity (Wildman–Crippen MR) is 59.6 cm³/mol. The molecule has 0 saturated heterocycles. The van der Waals surface area contributed by atoms with E-state index in [9.17, 15) is 4.55 Å². The molecular formula is C11H16O2S. The van der Waals surface area contributed by atoms with Gasteiger partial charge in [-0.15, -0.1) is 0 Å². The Hall–Kier alpha value is -0.510. The maximum Gasteiger partial charge on any atom is 0.130 e. The molecule has 0 fully saturated rings. The smallest absolute Gasteiger partial charge is 0.130 e. The van der Waals surface area contributed by atoms with Gasteiger partial charge in [0.05, 0.1) is 6.61 Å². The average molecular weight is 212 g/mol. The zero-order chi connectivity index (χ0) is 10.2. The van der Waals surface area contributed by atoms with Crippen LogP contribution in [0.5, 0.6) is 0 Å². The fourth-order valence-electron chi connectivity index (χ4n) is 1.20. The average Bonchev–Trinajstić information content (AvgIpc) is 2.20. The number of hydrogen-bond donors (Lipinski definition) is 0. The van der Waals surface area contributed by atoms with Gasteiger partial charge in [0.25, 0.3) is 0 Å². The minimum Gasteiger partial charge on any atom is -0.616 e. The van der Waals surface area contributed by atoms with E-state index < -0.39 is 11.2 Å². The van der Waals surface area contributed by atoms with Crippen LogP contribution < -0.4 is 0 Å². The molecule has 2 nitrogen and oxygen atoms in total. The van der Waals surface area contributed by atoms with Crippen LogP contribution in [-0.4, -0.2) is 24.0 Å². The maximum absolute atomic E-state index is 11.5. The summed E-state index contributed by atoms with van der Waals surface area (Å²) in [5, 5.41) is 0. The van der Waals surface area contributed by atoms with Gasteiger partial charge in [-0.05, 0) is 11.2 Å². The third-order valence-electron chi connectivity index (χ3n) is 1.89. The highest BCUT2D eigenvalue weighted by atomic mass is 32.2. The summed E-state index contributed by atoms with van der Waals surface area (Å²) in [6.07, 6.45) is 0.871. The van der Waals surface area contributed by atoms with Crippen LogP contribution in [0.15, 0.2) is 30.3 Å². The van der Waals surface area contributed by atoms with Crippen molar-refractivity contribution in [2.45, 2.75) is 12.2 Å². The van der Waals surface area contributed by atoms with E-state index in [-0.39, 0.29) is 0 Å². The molecule has 14 heavy (non-hydrogen) atoms. The van der Waals surface area contributed by atoms with Crippen LogP contribution in [0.2, 0.25) is 0 Å². The molecule has 0 amide bonds. The van der Waals surface area contributed by atoms with Gasteiger partial charge in [-0.25, -0.2) is 0 Å². The molecule has 0 aromatic heterocycles. The lowest BCUT2D eigenvalue weighted by Crippen LogP contribution is -2.11. The molecule has 3 heteroatoms. The first-order valence-corrected chi connectivity index (χ1v) is 6.19. The first-order chi connectivity index (χ1) is 6.83. The second-order valence-corrected chi connectivity index (χ2v) is 4.70. The number of methoxy groups -OCH3 is 1. The van der Waals surface area contributed by atoms with Crippen molar-refractivity contribution in [1.29, 1.82) is 0 Å². The fourth-order valence-corrected chi connectivity index (χ4v) is 2.34. The van der Waals surface area contributed by atoms with E-state index >= 15 is 0 Å².